The van der Waals surface area contributed by atoms with Gasteiger partial charge in [-0.25, -0.2) is 15.0 Å². The number of nitrogens with zero attached hydrogens (tertiary/aromatic N) is 3. The van der Waals surface area contributed by atoms with Crippen LogP contribution in [0.1, 0.15) is 43.6 Å². The molecule has 0 aliphatic carbocycles. The molecule has 0 amide bonds. The van der Waals surface area contributed by atoms with Crippen molar-refractivity contribution in [3.8, 4) is 0 Å². The topological polar surface area (TPSA) is 50.7 Å². The summed E-state index contributed by atoms with van der Waals surface area (Å²) >= 11 is 5.10. The van der Waals surface area contributed by atoms with E-state index in [9.17, 15) is 0 Å². The average Bonchev–Trinajstić information content (AvgIpc) is 2.89. The largest absolute Gasteiger partial charge is 0.361 e. The summed E-state index contributed by atoms with van der Waals surface area (Å²) in [7, 11) is 0. The van der Waals surface area contributed by atoms with Gasteiger partial charge in [0, 0.05) is 24.1 Å². The van der Waals surface area contributed by atoms with Crippen molar-refractivity contribution in [1.29, 1.82) is 0 Å². The number of thiazole rings is 1. The van der Waals surface area contributed by atoms with Gasteiger partial charge in [-0.2, -0.15) is 0 Å². The standard InChI is InChI=1S/C13H17BrN4S/c1-3-5-11-17-10(14)8-12(18-11)16-9(4-2)13-15-6-7-19-13/h6-9H,3-5H2,1-2H3,(H,16,17,18). The van der Waals surface area contributed by atoms with Gasteiger partial charge < -0.3 is 5.32 Å². The molecule has 0 aliphatic heterocycles. The van der Waals surface area contributed by atoms with Crippen molar-refractivity contribution in [3.63, 3.8) is 0 Å². The molecule has 0 saturated heterocycles. The second-order valence-corrected chi connectivity index (χ2v) is 5.96. The second-order valence-electron chi connectivity index (χ2n) is 4.22. The fourth-order valence-electron chi connectivity index (χ4n) is 1.80. The minimum absolute atomic E-state index is 0.205. The quantitative estimate of drug-likeness (QED) is 0.800. The summed E-state index contributed by atoms with van der Waals surface area (Å²) in [5.41, 5.74) is 0. The minimum Gasteiger partial charge on any atom is -0.361 e. The zero-order valence-corrected chi connectivity index (χ0v) is 13.5. The van der Waals surface area contributed by atoms with Gasteiger partial charge in [-0.3, -0.25) is 0 Å². The number of aryl methyl sites for hydroxylation is 1. The van der Waals surface area contributed by atoms with Gasteiger partial charge >= 0.3 is 0 Å². The van der Waals surface area contributed by atoms with Crippen molar-refractivity contribution in [3.05, 3.63) is 33.1 Å². The van der Waals surface area contributed by atoms with Gasteiger partial charge in [0.1, 0.15) is 21.3 Å². The lowest BCUT2D eigenvalue weighted by atomic mass is 10.2. The monoisotopic (exact) mass is 340 g/mol. The Morgan fingerprint density at radius 3 is 2.84 bits per heavy atom. The van der Waals surface area contributed by atoms with Crippen LogP contribution in [0.25, 0.3) is 0 Å². The summed E-state index contributed by atoms with van der Waals surface area (Å²) in [4.78, 5) is 13.3. The number of hydrogen-bond acceptors (Lipinski definition) is 5. The highest BCUT2D eigenvalue weighted by molar-refractivity contribution is 9.10. The second kappa shape index (κ2) is 6.96. The Morgan fingerprint density at radius 2 is 2.21 bits per heavy atom. The van der Waals surface area contributed by atoms with E-state index in [1.165, 1.54) is 0 Å². The molecule has 1 atom stereocenters. The van der Waals surface area contributed by atoms with Crippen molar-refractivity contribution in [1.82, 2.24) is 15.0 Å². The summed E-state index contributed by atoms with van der Waals surface area (Å²) < 4.78 is 0.822. The molecule has 0 radical (unpaired) electrons. The van der Waals surface area contributed by atoms with Gasteiger partial charge in [-0.15, -0.1) is 11.3 Å². The molecular weight excluding hydrogens is 324 g/mol. The number of aromatic nitrogens is 3. The third-order valence-corrected chi connectivity index (χ3v) is 3.99. The molecule has 2 heterocycles. The molecule has 0 aliphatic rings. The van der Waals surface area contributed by atoms with Gasteiger partial charge in [0.2, 0.25) is 0 Å². The lowest BCUT2D eigenvalue weighted by molar-refractivity contribution is 0.731. The van der Waals surface area contributed by atoms with E-state index in [1.54, 1.807) is 11.3 Å². The Balaban J connectivity index is 2.17. The molecule has 1 unspecified atom stereocenters. The van der Waals surface area contributed by atoms with E-state index >= 15 is 0 Å². The normalized spacial score (nSPS) is 12.4. The molecule has 102 valence electrons. The van der Waals surface area contributed by atoms with Gasteiger partial charge in [0.25, 0.3) is 0 Å². The van der Waals surface area contributed by atoms with E-state index in [0.717, 1.165) is 40.5 Å². The van der Waals surface area contributed by atoms with Crippen LogP contribution in [0, 0.1) is 0 Å². The Kier molecular flexibility index (Phi) is 5.27. The lowest BCUT2D eigenvalue weighted by Gasteiger charge is -2.15. The molecule has 0 saturated carbocycles. The van der Waals surface area contributed by atoms with E-state index in [-0.39, 0.29) is 6.04 Å². The van der Waals surface area contributed by atoms with Crippen molar-refractivity contribution >= 4 is 33.1 Å². The fourth-order valence-corrected chi connectivity index (χ4v) is 2.99. The SMILES string of the molecule is CCCc1nc(Br)cc(NC(CC)c2nccs2)n1. The van der Waals surface area contributed by atoms with E-state index in [0.29, 0.717) is 0 Å². The van der Waals surface area contributed by atoms with Crippen molar-refractivity contribution in [2.24, 2.45) is 0 Å². The summed E-state index contributed by atoms with van der Waals surface area (Å²) in [5, 5.41) is 6.53. The number of halogens is 1. The third-order valence-electron chi connectivity index (χ3n) is 2.69. The Morgan fingerprint density at radius 1 is 1.37 bits per heavy atom. The summed E-state index contributed by atoms with van der Waals surface area (Å²) in [6.07, 6.45) is 4.74. The smallest absolute Gasteiger partial charge is 0.132 e. The van der Waals surface area contributed by atoms with Crippen LogP contribution < -0.4 is 5.32 Å². The first-order chi connectivity index (χ1) is 9.22. The van der Waals surface area contributed by atoms with Crippen LogP contribution in [-0.2, 0) is 6.42 Å². The Hall–Kier alpha value is -1.01. The first-order valence-corrected chi connectivity index (χ1v) is 8.09. The number of rotatable bonds is 6. The number of anilines is 1. The predicted molar refractivity (Wildman–Crippen MR) is 82.5 cm³/mol. The van der Waals surface area contributed by atoms with Crippen molar-refractivity contribution in [2.75, 3.05) is 5.32 Å². The maximum Gasteiger partial charge on any atom is 0.132 e. The highest BCUT2D eigenvalue weighted by atomic mass is 79.9. The molecule has 0 spiro atoms. The van der Waals surface area contributed by atoms with E-state index in [4.69, 9.17) is 0 Å². The van der Waals surface area contributed by atoms with Crippen LogP contribution in [0.3, 0.4) is 0 Å². The van der Waals surface area contributed by atoms with E-state index in [1.807, 2.05) is 17.6 Å². The Labute approximate surface area is 125 Å². The summed E-state index contributed by atoms with van der Waals surface area (Å²) in [5.74, 6) is 1.72. The van der Waals surface area contributed by atoms with Crippen LogP contribution >= 0.6 is 27.3 Å². The number of nitrogens with one attached hydrogen (secondary N) is 1. The molecule has 2 aromatic heterocycles. The van der Waals surface area contributed by atoms with E-state index in [2.05, 4.69) is 50.0 Å². The zero-order valence-electron chi connectivity index (χ0n) is 11.1. The third kappa shape index (κ3) is 3.98. The predicted octanol–water partition coefficient (Wildman–Crippen LogP) is 4.21. The van der Waals surface area contributed by atoms with Crippen LogP contribution in [-0.4, -0.2) is 15.0 Å². The van der Waals surface area contributed by atoms with Crippen LogP contribution in [0.2, 0.25) is 0 Å². The van der Waals surface area contributed by atoms with Crippen LogP contribution in [0.15, 0.2) is 22.2 Å². The molecule has 0 fully saturated rings. The minimum atomic E-state index is 0.205. The molecule has 6 heteroatoms. The summed E-state index contributed by atoms with van der Waals surface area (Å²) in [6.45, 7) is 4.27. The van der Waals surface area contributed by atoms with Crippen molar-refractivity contribution < 1.29 is 0 Å². The Bertz CT molecular complexity index is 515. The molecule has 19 heavy (non-hydrogen) atoms. The lowest BCUT2D eigenvalue weighted by Crippen LogP contribution is -2.11. The summed E-state index contributed by atoms with van der Waals surface area (Å²) in [6, 6.07) is 2.12. The van der Waals surface area contributed by atoms with Crippen LogP contribution in [0.5, 0.6) is 0 Å². The first kappa shape index (κ1) is 14.4. The molecule has 2 rings (SSSR count). The molecular formula is C13H17BrN4S. The average molecular weight is 341 g/mol. The van der Waals surface area contributed by atoms with E-state index < -0.39 is 0 Å². The van der Waals surface area contributed by atoms with Gasteiger partial charge in [-0.1, -0.05) is 13.8 Å². The van der Waals surface area contributed by atoms with Gasteiger partial charge in [0.05, 0.1) is 6.04 Å². The molecule has 4 nitrogen and oxygen atoms in total. The maximum absolute atomic E-state index is 4.55. The fraction of sp³-hybridized carbons (Fsp3) is 0.462. The van der Waals surface area contributed by atoms with Crippen molar-refractivity contribution in [2.45, 2.75) is 39.2 Å². The first-order valence-electron chi connectivity index (χ1n) is 6.42. The highest BCUT2D eigenvalue weighted by Gasteiger charge is 2.13. The molecule has 1 N–H and O–H groups in total. The van der Waals surface area contributed by atoms with Gasteiger partial charge in [-0.05, 0) is 28.8 Å². The van der Waals surface area contributed by atoms with Gasteiger partial charge in [0.15, 0.2) is 0 Å². The molecule has 2 aromatic rings. The number of hydrogen-bond donors (Lipinski definition) is 1. The highest BCUT2D eigenvalue weighted by Crippen LogP contribution is 2.24. The maximum atomic E-state index is 4.55. The van der Waals surface area contributed by atoms with Crippen LogP contribution in [0.4, 0.5) is 5.82 Å². The zero-order chi connectivity index (χ0) is 13.7. The molecule has 0 aromatic carbocycles. The molecule has 0 bridgehead atoms.